The van der Waals surface area contributed by atoms with Crippen LogP contribution in [0.4, 0.5) is 0 Å². The summed E-state index contributed by atoms with van der Waals surface area (Å²) >= 11 is 0. The van der Waals surface area contributed by atoms with Gasteiger partial charge in [0.1, 0.15) is 5.75 Å². The first-order chi connectivity index (χ1) is 7.11. The van der Waals surface area contributed by atoms with E-state index < -0.39 is 0 Å². The normalized spacial score (nSPS) is 12.1. The van der Waals surface area contributed by atoms with Crippen molar-refractivity contribution in [3.63, 3.8) is 0 Å². The van der Waals surface area contributed by atoms with Crippen LogP contribution in [0.2, 0.25) is 0 Å². The molecule has 4 heteroatoms. The zero-order valence-electron chi connectivity index (χ0n) is 8.60. The van der Waals surface area contributed by atoms with Crippen LogP contribution in [0.5, 0.6) is 5.75 Å². The highest BCUT2D eigenvalue weighted by molar-refractivity contribution is 5.78. The Kier molecular flexibility index (Phi) is 4.12. The van der Waals surface area contributed by atoms with Crippen LogP contribution in [-0.2, 0) is 11.2 Å². The molecule has 0 bridgehead atoms. The highest BCUT2D eigenvalue weighted by atomic mass is 16.3. The third-order valence-electron chi connectivity index (χ3n) is 1.98. The van der Waals surface area contributed by atoms with Crippen molar-refractivity contribution < 1.29 is 15.0 Å². The van der Waals surface area contributed by atoms with Gasteiger partial charge in [0.2, 0.25) is 5.91 Å². The molecule has 1 aromatic rings. The molecule has 0 radical (unpaired) electrons. The summed E-state index contributed by atoms with van der Waals surface area (Å²) in [5, 5.41) is 20.4. The van der Waals surface area contributed by atoms with E-state index in [0.29, 0.717) is 0 Å². The van der Waals surface area contributed by atoms with Gasteiger partial charge in [0.25, 0.3) is 0 Å². The van der Waals surface area contributed by atoms with Crippen LogP contribution in [0.3, 0.4) is 0 Å². The van der Waals surface area contributed by atoms with Gasteiger partial charge in [0.15, 0.2) is 0 Å². The van der Waals surface area contributed by atoms with E-state index in [9.17, 15) is 4.79 Å². The fraction of sp³-hybridized carbons (Fsp3) is 0.364. The molecule has 0 fully saturated rings. The highest BCUT2D eigenvalue weighted by Crippen LogP contribution is 2.09. The van der Waals surface area contributed by atoms with Crippen molar-refractivity contribution in [1.29, 1.82) is 0 Å². The lowest BCUT2D eigenvalue weighted by atomic mass is 10.1. The van der Waals surface area contributed by atoms with E-state index in [4.69, 9.17) is 10.2 Å². The SMILES string of the molecule is C[C@H](CO)NC(=O)Cc1ccc(O)cc1. The number of benzene rings is 1. The molecular weight excluding hydrogens is 194 g/mol. The molecule has 4 nitrogen and oxygen atoms in total. The molecule has 15 heavy (non-hydrogen) atoms. The van der Waals surface area contributed by atoms with Crippen molar-refractivity contribution in [3.8, 4) is 5.75 Å². The van der Waals surface area contributed by atoms with E-state index in [0.717, 1.165) is 5.56 Å². The number of phenolic OH excluding ortho intramolecular Hbond substituents is 1. The molecule has 0 heterocycles. The molecule has 0 saturated heterocycles. The van der Waals surface area contributed by atoms with Gasteiger partial charge in [-0.3, -0.25) is 4.79 Å². The van der Waals surface area contributed by atoms with Gasteiger partial charge in [0, 0.05) is 6.04 Å². The minimum absolute atomic E-state index is 0.0681. The summed E-state index contributed by atoms with van der Waals surface area (Å²) in [6, 6.07) is 6.24. The second kappa shape index (κ2) is 5.36. The zero-order chi connectivity index (χ0) is 11.3. The van der Waals surface area contributed by atoms with Crippen molar-refractivity contribution in [2.45, 2.75) is 19.4 Å². The standard InChI is InChI=1S/C11H15NO3/c1-8(7-13)12-11(15)6-9-2-4-10(14)5-3-9/h2-5,8,13-14H,6-7H2,1H3,(H,12,15)/t8-/m1/s1. The van der Waals surface area contributed by atoms with Gasteiger partial charge in [-0.05, 0) is 24.6 Å². The van der Waals surface area contributed by atoms with Crippen LogP contribution in [-0.4, -0.2) is 28.8 Å². The minimum atomic E-state index is -0.227. The smallest absolute Gasteiger partial charge is 0.224 e. The Morgan fingerprint density at radius 3 is 2.53 bits per heavy atom. The molecule has 0 saturated carbocycles. The maximum Gasteiger partial charge on any atom is 0.224 e. The number of amides is 1. The highest BCUT2D eigenvalue weighted by Gasteiger charge is 2.06. The van der Waals surface area contributed by atoms with Crippen molar-refractivity contribution in [2.24, 2.45) is 0 Å². The molecule has 1 aromatic carbocycles. The molecule has 0 aromatic heterocycles. The molecule has 0 aliphatic carbocycles. The molecule has 0 spiro atoms. The molecular formula is C11H15NO3. The van der Waals surface area contributed by atoms with Crippen LogP contribution in [0.25, 0.3) is 0 Å². The lowest BCUT2D eigenvalue weighted by Gasteiger charge is -2.10. The molecule has 1 atom stereocenters. The second-order valence-corrected chi connectivity index (χ2v) is 3.49. The van der Waals surface area contributed by atoms with Crippen LogP contribution in [0, 0.1) is 0 Å². The van der Waals surface area contributed by atoms with Gasteiger partial charge in [0.05, 0.1) is 13.0 Å². The van der Waals surface area contributed by atoms with E-state index >= 15 is 0 Å². The number of aromatic hydroxyl groups is 1. The van der Waals surface area contributed by atoms with Gasteiger partial charge in [-0.1, -0.05) is 12.1 Å². The molecule has 1 rings (SSSR count). The van der Waals surface area contributed by atoms with Gasteiger partial charge < -0.3 is 15.5 Å². The van der Waals surface area contributed by atoms with E-state index in [1.54, 1.807) is 19.1 Å². The first-order valence-corrected chi connectivity index (χ1v) is 4.80. The van der Waals surface area contributed by atoms with Gasteiger partial charge in [-0.15, -0.1) is 0 Å². The third-order valence-corrected chi connectivity index (χ3v) is 1.98. The van der Waals surface area contributed by atoms with Crippen LogP contribution in [0.1, 0.15) is 12.5 Å². The Hall–Kier alpha value is -1.55. The number of rotatable bonds is 4. The summed E-state index contributed by atoms with van der Waals surface area (Å²) in [6.07, 6.45) is 0.255. The Labute approximate surface area is 88.6 Å². The molecule has 0 unspecified atom stereocenters. The quantitative estimate of drug-likeness (QED) is 0.673. The van der Waals surface area contributed by atoms with E-state index in [-0.39, 0.29) is 30.7 Å². The maximum atomic E-state index is 11.4. The summed E-state index contributed by atoms with van der Waals surface area (Å²) in [5.74, 6) is 0.0464. The lowest BCUT2D eigenvalue weighted by molar-refractivity contribution is -0.121. The fourth-order valence-electron chi connectivity index (χ4n) is 1.17. The molecule has 82 valence electrons. The number of hydrogen-bond acceptors (Lipinski definition) is 3. The summed E-state index contributed by atoms with van der Waals surface area (Å²) in [5.41, 5.74) is 0.829. The van der Waals surface area contributed by atoms with Crippen molar-refractivity contribution in [1.82, 2.24) is 5.32 Å². The first-order valence-electron chi connectivity index (χ1n) is 4.80. The van der Waals surface area contributed by atoms with Gasteiger partial charge in [-0.25, -0.2) is 0 Å². The van der Waals surface area contributed by atoms with Crippen LogP contribution in [0.15, 0.2) is 24.3 Å². The summed E-state index contributed by atoms with van der Waals surface area (Å²) in [7, 11) is 0. The third kappa shape index (κ3) is 3.99. The number of phenols is 1. The Balaban J connectivity index is 2.48. The molecule has 1 amide bonds. The number of carbonyl (C=O) groups is 1. The van der Waals surface area contributed by atoms with E-state index in [1.807, 2.05) is 0 Å². The number of carbonyl (C=O) groups excluding carboxylic acids is 1. The topological polar surface area (TPSA) is 69.6 Å². The van der Waals surface area contributed by atoms with Gasteiger partial charge in [-0.2, -0.15) is 0 Å². The number of hydrogen-bond donors (Lipinski definition) is 3. The monoisotopic (exact) mass is 209 g/mol. The fourth-order valence-corrected chi connectivity index (χ4v) is 1.17. The van der Waals surface area contributed by atoms with E-state index in [2.05, 4.69) is 5.32 Å². The van der Waals surface area contributed by atoms with Crippen molar-refractivity contribution in [2.75, 3.05) is 6.61 Å². The van der Waals surface area contributed by atoms with Crippen molar-refractivity contribution in [3.05, 3.63) is 29.8 Å². The average molecular weight is 209 g/mol. The largest absolute Gasteiger partial charge is 0.508 e. The van der Waals surface area contributed by atoms with Gasteiger partial charge >= 0.3 is 0 Å². The first kappa shape index (κ1) is 11.5. The summed E-state index contributed by atoms with van der Waals surface area (Å²) in [4.78, 5) is 11.4. The predicted octanol–water partition coefficient (Wildman–Crippen LogP) is 0.432. The lowest BCUT2D eigenvalue weighted by Crippen LogP contribution is -2.35. The Bertz CT molecular complexity index is 321. The number of aliphatic hydroxyl groups excluding tert-OH is 1. The maximum absolute atomic E-state index is 11.4. The molecule has 0 aliphatic rings. The van der Waals surface area contributed by atoms with E-state index in [1.165, 1.54) is 12.1 Å². The molecule has 0 aliphatic heterocycles. The van der Waals surface area contributed by atoms with Crippen LogP contribution < -0.4 is 5.32 Å². The number of nitrogens with one attached hydrogen (secondary N) is 1. The Morgan fingerprint density at radius 2 is 2.00 bits per heavy atom. The summed E-state index contributed by atoms with van der Waals surface area (Å²) in [6.45, 7) is 1.66. The molecule has 3 N–H and O–H groups in total. The Morgan fingerprint density at radius 1 is 1.40 bits per heavy atom. The minimum Gasteiger partial charge on any atom is -0.508 e. The number of aliphatic hydroxyl groups is 1. The summed E-state index contributed by atoms with van der Waals surface area (Å²) < 4.78 is 0. The zero-order valence-corrected chi connectivity index (χ0v) is 8.60. The average Bonchev–Trinajstić information content (AvgIpc) is 2.21. The van der Waals surface area contributed by atoms with Crippen LogP contribution >= 0.6 is 0 Å². The second-order valence-electron chi connectivity index (χ2n) is 3.49. The van der Waals surface area contributed by atoms with Crippen molar-refractivity contribution >= 4 is 5.91 Å². The predicted molar refractivity (Wildman–Crippen MR) is 56.5 cm³/mol.